The molecule has 0 amide bonds. The molecule has 1 aromatic heterocycles. The molecule has 1 heterocycles. The molecule has 0 aliphatic rings. The maximum atomic E-state index is 11.5. The minimum Gasteiger partial charge on any atom is -0.396 e. The van der Waals surface area contributed by atoms with E-state index in [9.17, 15) is 4.79 Å². The van der Waals surface area contributed by atoms with E-state index in [0.29, 0.717) is 4.47 Å². The Labute approximate surface area is 109 Å². The number of aryl methyl sites for hydroxylation is 1. The van der Waals surface area contributed by atoms with E-state index >= 15 is 0 Å². The van der Waals surface area contributed by atoms with Gasteiger partial charge < -0.3 is 10.4 Å². The Morgan fingerprint density at radius 3 is 2.82 bits per heavy atom. The van der Waals surface area contributed by atoms with Crippen LogP contribution in [0.25, 0.3) is 0 Å². The lowest BCUT2D eigenvalue weighted by Crippen LogP contribution is -2.21. The summed E-state index contributed by atoms with van der Waals surface area (Å²) in [7, 11) is 1.62. The van der Waals surface area contributed by atoms with Gasteiger partial charge in [0.25, 0.3) is 5.56 Å². The molecule has 0 spiro atoms. The van der Waals surface area contributed by atoms with Gasteiger partial charge in [0.2, 0.25) is 0 Å². The first-order chi connectivity index (χ1) is 8.16. The molecule has 0 aromatic carbocycles. The zero-order chi connectivity index (χ0) is 12.7. The maximum absolute atomic E-state index is 11.5. The first-order valence-electron chi connectivity index (χ1n) is 5.73. The SMILES string of the molecule is Cn1ncc(NCCCCCCO)c(Br)c1=O. The van der Waals surface area contributed by atoms with E-state index < -0.39 is 0 Å². The van der Waals surface area contributed by atoms with Gasteiger partial charge in [-0.05, 0) is 28.8 Å². The summed E-state index contributed by atoms with van der Waals surface area (Å²) < 4.78 is 1.81. The van der Waals surface area contributed by atoms with E-state index in [1.165, 1.54) is 4.68 Å². The van der Waals surface area contributed by atoms with Crippen LogP contribution < -0.4 is 10.9 Å². The number of aromatic nitrogens is 2. The number of rotatable bonds is 7. The Morgan fingerprint density at radius 2 is 2.12 bits per heavy atom. The van der Waals surface area contributed by atoms with Crippen LogP contribution in [-0.4, -0.2) is 28.0 Å². The number of aliphatic hydroxyl groups is 1. The van der Waals surface area contributed by atoms with Crippen molar-refractivity contribution in [3.05, 3.63) is 21.0 Å². The molecule has 0 atom stereocenters. The molecule has 5 nitrogen and oxygen atoms in total. The van der Waals surface area contributed by atoms with Gasteiger partial charge in [0.1, 0.15) is 4.47 Å². The van der Waals surface area contributed by atoms with Crippen LogP contribution in [0, 0.1) is 0 Å². The van der Waals surface area contributed by atoms with Gasteiger partial charge in [0.05, 0.1) is 11.9 Å². The summed E-state index contributed by atoms with van der Waals surface area (Å²) in [6, 6.07) is 0. The molecule has 1 aromatic rings. The Kier molecular flexibility index (Phi) is 6.21. The molecule has 0 fully saturated rings. The van der Waals surface area contributed by atoms with E-state index in [1.54, 1.807) is 13.2 Å². The van der Waals surface area contributed by atoms with E-state index in [1.807, 2.05) is 0 Å². The number of hydrogen-bond acceptors (Lipinski definition) is 4. The number of nitrogens with one attached hydrogen (secondary N) is 1. The van der Waals surface area contributed by atoms with Crippen LogP contribution in [0.2, 0.25) is 0 Å². The lowest BCUT2D eigenvalue weighted by molar-refractivity contribution is 0.283. The Balaban J connectivity index is 2.37. The van der Waals surface area contributed by atoms with E-state index in [4.69, 9.17) is 5.11 Å². The second-order valence-electron chi connectivity index (χ2n) is 3.87. The molecule has 0 saturated heterocycles. The third-order valence-corrected chi connectivity index (χ3v) is 3.24. The van der Waals surface area contributed by atoms with Crippen LogP contribution in [0.1, 0.15) is 25.7 Å². The highest BCUT2D eigenvalue weighted by Crippen LogP contribution is 2.15. The highest BCUT2D eigenvalue weighted by atomic mass is 79.9. The van der Waals surface area contributed by atoms with Gasteiger partial charge in [-0.3, -0.25) is 4.79 Å². The third-order valence-electron chi connectivity index (χ3n) is 2.48. The van der Waals surface area contributed by atoms with Crippen LogP contribution >= 0.6 is 15.9 Å². The van der Waals surface area contributed by atoms with E-state index in [-0.39, 0.29) is 12.2 Å². The second-order valence-corrected chi connectivity index (χ2v) is 4.66. The molecule has 0 unspecified atom stereocenters. The highest BCUT2D eigenvalue weighted by molar-refractivity contribution is 9.10. The topological polar surface area (TPSA) is 67.2 Å². The van der Waals surface area contributed by atoms with Crippen molar-refractivity contribution in [1.82, 2.24) is 9.78 Å². The zero-order valence-corrected chi connectivity index (χ0v) is 11.5. The number of halogens is 1. The number of aliphatic hydroxyl groups excluding tert-OH is 1. The van der Waals surface area contributed by atoms with Gasteiger partial charge in [0.15, 0.2) is 0 Å². The first kappa shape index (κ1) is 14.2. The minimum absolute atomic E-state index is 0.143. The molecular formula is C11H18BrN3O2. The average Bonchev–Trinajstić information content (AvgIpc) is 2.33. The zero-order valence-electron chi connectivity index (χ0n) is 9.95. The predicted molar refractivity (Wildman–Crippen MR) is 71.2 cm³/mol. The summed E-state index contributed by atoms with van der Waals surface area (Å²) >= 11 is 3.26. The fraction of sp³-hybridized carbons (Fsp3) is 0.636. The molecule has 6 heteroatoms. The van der Waals surface area contributed by atoms with Crippen LogP contribution in [-0.2, 0) is 7.05 Å². The summed E-state index contributed by atoms with van der Waals surface area (Å²) in [5.41, 5.74) is 0.588. The van der Waals surface area contributed by atoms with Gasteiger partial charge >= 0.3 is 0 Å². The minimum atomic E-state index is -0.143. The predicted octanol–water partition coefficient (Wildman–Crippen LogP) is 1.51. The molecule has 0 radical (unpaired) electrons. The van der Waals surface area contributed by atoms with Crippen molar-refractivity contribution in [1.29, 1.82) is 0 Å². The highest BCUT2D eigenvalue weighted by Gasteiger charge is 2.05. The van der Waals surface area contributed by atoms with Crippen molar-refractivity contribution >= 4 is 21.6 Å². The molecular weight excluding hydrogens is 286 g/mol. The monoisotopic (exact) mass is 303 g/mol. The lowest BCUT2D eigenvalue weighted by atomic mass is 10.2. The molecule has 0 saturated carbocycles. The van der Waals surface area contributed by atoms with Gasteiger partial charge in [-0.25, -0.2) is 4.68 Å². The van der Waals surface area contributed by atoms with E-state index in [0.717, 1.165) is 37.9 Å². The molecule has 2 N–H and O–H groups in total. The van der Waals surface area contributed by atoms with Gasteiger partial charge in [0, 0.05) is 20.2 Å². The van der Waals surface area contributed by atoms with Crippen molar-refractivity contribution in [3.8, 4) is 0 Å². The smallest absolute Gasteiger partial charge is 0.282 e. The van der Waals surface area contributed by atoms with Gasteiger partial charge in [-0.2, -0.15) is 5.10 Å². The lowest BCUT2D eigenvalue weighted by Gasteiger charge is -2.08. The largest absolute Gasteiger partial charge is 0.396 e. The number of hydrogen-bond donors (Lipinski definition) is 2. The average molecular weight is 304 g/mol. The normalized spacial score (nSPS) is 10.5. The van der Waals surface area contributed by atoms with Crippen molar-refractivity contribution in [2.45, 2.75) is 25.7 Å². The number of unbranched alkanes of at least 4 members (excludes halogenated alkanes) is 3. The summed E-state index contributed by atoms with van der Waals surface area (Å²) in [5.74, 6) is 0. The van der Waals surface area contributed by atoms with Gasteiger partial charge in [-0.1, -0.05) is 12.8 Å². The summed E-state index contributed by atoms with van der Waals surface area (Å²) in [6.07, 6.45) is 5.62. The summed E-state index contributed by atoms with van der Waals surface area (Å²) in [5, 5.41) is 15.7. The van der Waals surface area contributed by atoms with E-state index in [2.05, 4.69) is 26.3 Å². The molecule has 17 heavy (non-hydrogen) atoms. The molecule has 0 aliphatic carbocycles. The van der Waals surface area contributed by atoms with Crippen molar-refractivity contribution in [3.63, 3.8) is 0 Å². The van der Waals surface area contributed by atoms with Crippen LogP contribution in [0.3, 0.4) is 0 Å². The number of anilines is 1. The van der Waals surface area contributed by atoms with Crippen LogP contribution in [0.4, 0.5) is 5.69 Å². The molecule has 0 bridgehead atoms. The molecule has 96 valence electrons. The Morgan fingerprint density at radius 1 is 1.41 bits per heavy atom. The maximum Gasteiger partial charge on any atom is 0.282 e. The number of nitrogens with zero attached hydrogens (tertiary/aromatic N) is 2. The van der Waals surface area contributed by atoms with Crippen molar-refractivity contribution < 1.29 is 5.11 Å². The standard InChI is InChI=1S/C11H18BrN3O2/c1-15-11(17)10(12)9(8-14-15)13-6-4-2-3-5-7-16/h8,13,16H,2-7H2,1H3. The van der Waals surface area contributed by atoms with Gasteiger partial charge in [-0.15, -0.1) is 0 Å². The Bertz CT molecular complexity index is 406. The second kappa shape index (κ2) is 7.45. The fourth-order valence-corrected chi connectivity index (χ4v) is 1.95. The van der Waals surface area contributed by atoms with Crippen molar-refractivity contribution in [2.24, 2.45) is 7.05 Å². The summed E-state index contributed by atoms with van der Waals surface area (Å²) in [6.45, 7) is 1.07. The molecule has 1 rings (SSSR count). The third kappa shape index (κ3) is 4.47. The quantitative estimate of drug-likeness (QED) is 0.749. The Hall–Kier alpha value is -0.880. The molecule has 0 aliphatic heterocycles. The first-order valence-corrected chi connectivity index (χ1v) is 6.52. The van der Waals surface area contributed by atoms with Crippen LogP contribution in [0.15, 0.2) is 15.5 Å². The summed E-state index contributed by atoms with van der Waals surface area (Å²) in [4.78, 5) is 11.5. The fourth-order valence-electron chi connectivity index (χ4n) is 1.45. The van der Waals surface area contributed by atoms with Crippen LogP contribution in [0.5, 0.6) is 0 Å². The van der Waals surface area contributed by atoms with Crippen molar-refractivity contribution in [2.75, 3.05) is 18.5 Å².